The lowest BCUT2D eigenvalue weighted by Gasteiger charge is -2.22. The fourth-order valence-corrected chi connectivity index (χ4v) is 1.73. The van der Waals surface area contributed by atoms with Crippen molar-refractivity contribution >= 4 is 22.9 Å². The van der Waals surface area contributed by atoms with Crippen molar-refractivity contribution in [1.29, 1.82) is 0 Å². The molecule has 0 saturated heterocycles. The number of nitrogens with one attached hydrogen (secondary N) is 1. The summed E-state index contributed by atoms with van der Waals surface area (Å²) in [6, 6.07) is 6.33. The maximum Gasteiger partial charge on any atom is 0.411 e. The summed E-state index contributed by atoms with van der Waals surface area (Å²) in [6.07, 6.45) is -3.98. The highest BCUT2D eigenvalue weighted by Gasteiger charge is 2.63. The molecule has 0 unspecified atom stereocenters. The van der Waals surface area contributed by atoms with Gasteiger partial charge in [-0.15, -0.1) is 0 Å². The van der Waals surface area contributed by atoms with Crippen LogP contribution in [0.5, 0.6) is 0 Å². The van der Waals surface area contributed by atoms with Gasteiger partial charge in [-0.25, -0.2) is 0 Å². The van der Waals surface area contributed by atoms with Gasteiger partial charge in [0.2, 0.25) is 0 Å². The molecule has 1 aromatic rings. The number of thiocarbonyl (C=S) groups is 1. The van der Waals surface area contributed by atoms with Crippen molar-refractivity contribution in [2.45, 2.75) is 24.6 Å². The lowest BCUT2D eigenvalue weighted by atomic mass is 10.2. The molecule has 2 rings (SSSR count). The van der Waals surface area contributed by atoms with Crippen molar-refractivity contribution in [2.24, 2.45) is 5.73 Å². The first-order valence-corrected chi connectivity index (χ1v) is 5.50. The molecule has 0 bridgehead atoms. The molecule has 0 atom stereocenters. The fourth-order valence-electron chi connectivity index (χ4n) is 1.60. The van der Waals surface area contributed by atoms with Crippen molar-refractivity contribution in [2.75, 3.05) is 5.32 Å². The molecule has 1 aliphatic rings. The predicted molar refractivity (Wildman–Crippen MR) is 64.0 cm³/mol. The van der Waals surface area contributed by atoms with Crippen LogP contribution in [0.4, 0.5) is 18.9 Å². The number of anilines is 1. The minimum Gasteiger partial charge on any atom is -0.389 e. The summed E-state index contributed by atoms with van der Waals surface area (Å²) in [5.41, 5.74) is 4.74. The highest BCUT2D eigenvalue weighted by Crippen LogP contribution is 2.51. The third-order valence-corrected chi connectivity index (χ3v) is 3.08. The van der Waals surface area contributed by atoms with Crippen LogP contribution in [0.2, 0.25) is 0 Å². The maximum atomic E-state index is 12.7. The zero-order valence-corrected chi connectivity index (χ0v) is 9.66. The van der Waals surface area contributed by atoms with Crippen molar-refractivity contribution in [3.63, 3.8) is 0 Å². The third-order valence-electron chi connectivity index (χ3n) is 2.85. The van der Waals surface area contributed by atoms with Crippen molar-refractivity contribution in [1.82, 2.24) is 0 Å². The predicted octanol–water partition coefficient (Wildman–Crippen LogP) is 2.83. The number of nitrogens with two attached hydrogens (primary N) is 1. The summed E-state index contributed by atoms with van der Waals surface area (Å²) < 4.78 is 38.1. The van der Waals surface area contributed by atoms with Gasteiger partial charge in [0.05, 0.1) is 0 Å². The number of hydrogen-bond donors (Lipinski definition) is 2. The molecule has 0 aromatic heterocycles. The minimum atomic E-state index is -4.21. The topological polar surface area (TPSA) is 38.0 Å². The summed E-state index contributed by atoms with van der Waals surface area (Å²) in [6.45, 7) is 0. The van der Waals surface area contributed by atoms with Crippen molar-refractivity contribution in [3.8, 4) is 0 Å². The Morgan fingerprint density at radius 1 is 1.24 bits per heavy atom. The van der Waals surface area contributed by atoms with Gasteiger partial charge in [-0.1, -0.05) is 12.2 Å². The van der Waals surface area contributed by atoms with E-state index in [0.717, 1.165) is 0 Å². The fraction of sp³-hybridized carbons (Fsp3) is 0.364. The van der Waals surface area contributed by atoms with Crippen LogP contribution in [0.3, 0.4) is 0 Å². The summed E-state index contributed by atoms with van der Waals surface area (Å²) in [7, 11) is 0. The smallest absolute Gasteiger partial charge is 0.389 e. The van der Waals surface area contributed by atoms with Crippen LogP contribution in [-0.2, 0) is 0 Å². The monoisotopic (exact) mass is 260 g/mol. The molecular formula is C11H11F3N2S. The number of benzene rings is 1. The van der Waals surface area contributed by atoms with Crippen molar-refractivity contribution < 1.29 is 13.2 Å². The van der Waals surface area contributed by atoms with E-state index in [1.807, 2.05) is 0 Å². The Bertz CT molecular complexity index is 435. The molecule has 0 aliphatic heterocycles. The van der Waals surface area contributed by atoms with E-state index in [1.54, 1.807) is 24.3 Å². The van der Waals surface area contributed by atoms with Crippen LogP contribution in [0.15, 0.2) is 24.3 Å². The molecule has 0 amide bonds. The number of rotatable bonds is 3. The van der Waals surface area contributed by atoms with E-state index in [0.29, 0.717) is 11.3 Å². The van der Waals surface area contributed by atoms with Gasteiger partial charge in [0.25, 0.3) is 0 Å². The normalized spacial score (nSPS) is 17.6. The summed E-state index contributed by atoms with van der Waals surface area (Å²) >= 11 is 4.76. The Balaban J connectivity index is 2.13. The summed E-state index contributed by atoms with van der Waals surface area (Å²) in [5, 5.41) is 2.53. The van der Waals surface area contributed by atoms with E-state index in [4.69, 9.17) is 18.0 Å². The van der Waals surface area contributed by atoms with Gasteiger partial charge in [-0.05, 0) is 37.1 Å². The molecule has 92 valence electrons. The van der Waals surface area contributed by atoms with Gasteiger partial charge in [0.15, 0.2) is 0 Å². The zero-order valence-electron chi connectivity index (χ0n) is 8.84. The quantitative estimate of drug-likeness (QED) is 0.821. The second-order valence-electron chi connectivity index (χ2n) is 4.15. The number of halogens is 3. The lowest BCUT2D eigenvalue weighted by molar-refractivity contribution is -0.151. The first kappa shape index (κ1) is 12.2. The van der Waals surface area contributed by atoms with Gasteiger partial charge in [-0.2, -0.15) is 13.2 Å². The van der Waals surface area contributed by atoms with Crippen molar-refractivity contribution in [3.05, 3.63) is 29.8 Å². The average molecular weight is 260 g/mol. The zero-order chi connectivity index (χ0) is 12.7. The molecule has 1 aliphatic carbocycles. The first-order chi connectivity index (χ1) is 7.84. The standard InChI is InChI=1S/C11H11F3N2S/c12-11(13,14)10(5-6-10)16-8-3-1-7(2-4-8)9(15)17/h1-4,16H,5-6H2,(H2,15,17). The van der Waals surface area contributed by atoms with E-state index >= 15 is 0 Å². The average Bonchev–Trinajstić information content (AvgIpc) is 2.98. The van der Waals surface area contributed by atoms with Crippen LogP contribution in [-0.4, -0.2) is 16.7 Å². The van der Waals surface area contributed by atoms with E-state index in [1.165, 1.54) is 0 Å². The second-order valence-corrected chi connectivity index (χ2v) is 4.59. The highest BCUT2D eigenvalue weighted by atomic mass is 32.1. The van der Waals surface area contributed by atoms with E-state index in [2.05, 4.69) is 5.32 Å². The number of hydrogen-bond acceptors (Lipinski definition) is 2. The van der Waals surface area contributed by atoms with Gasteiger partial charge < -0.3 is 11.1 Å². The Morgan fingerprint density at radius 2 is 1.76 bits per heavy atom. The third kappa shape index (κ3) is 2.36. The van der Waals surface area contributed by atoms with Gasteiger partial charge in [0, 0.05) is 11.3 Å². The molecular weight excluding hydrogens is 249 g/mol. The molecule has 0 heterocycles. The maximum absolute atomic E-state index is 12.7. The Hall–Kier alpha value is -1.30. The first-order valence-electron chi connectivity index (χ1n) is 5.09. The SMILES string of the molecule is NC(=S)c1ccc(NC2(C(F)(F)F)CC2)cc1. The van der Waals surface area contributed by atoms with Gasteiger partial charge in [-0.3, -0.25) is 0 Å². The van der Waals surface area contributed by atoms with Crippen LogP contribution >= 0.6 is 12.2 Å². The molecule has 2 nitrogen and oxygen atoms in total. The molecule has 6 heteroatoms. The molecule has 1 fully saturated rings. The molecule has 0 radical (unpaired) electrons. The number of alkyl halides is 3. The van der Waals surface area contributed by atoms with Crippen LogP contribution in [0.25, 0.3) is 0 Å². The van der Waals surface area contributed by atoms with E-state index in [-0.39, 0.29) is 17.8 Å². The molecule has 17 heavy (non-hydrogen) atoms. The molecule has 1 saturated carbocycles. The minimum absolute atomic E-state index is 0.119. The second kappa shape index (κ2) is 3.87. The Morgan fingerprint density at radius 3 is 2.12 bits per heavy atom. The van der Waals surface area contributed by atoms with Crippen LogP contribution in [0.1, 0.15) is 18.4 Å². The van der Waals surface area contributed by atoms with E-state index in [9.17, 15) is 13.2 Å². The Labute approximate surface area is 102 Å². The van der Waals surface area contributed by atoms with E-state index < -0.39 is 11.7 Å². The highest BCUT2D eigenvalue weighted by molar-refractivity contribution is 7.80. The largest absolute Gasteiger partial charge is 0.411 e. The molecule has 3 N–H and O–H groups in total. The van der Waals surface area contributed by atoms with Crippen LogP contribution in [0, 0.1) is 0 Å². The summed E-state index contributed by atoms with van der Waals surface area (Å²) in [5.74, 6) is 0. The summed E-state index contributed by atoms with van der Waals surface area (Å²) in [4.78, 5) is 0.230. The van der Waals surface area contributed by atoms with Gasteiger partial charge >= 0.3 is 6.18 Å². The van der Waals surface area contributed by atoms with Gasteiger partial charge in [0.1, 0.15) is 10.5 Å². The molecule has 0 spiro atoms. The van der Waals surface area contributed by atoms with Crippen LogP contribution < -0.4 is 11.1 Å². The Kier molecular flexibility index (Phi) is 2.77. The lowest BCUT2D eigenvalue weighted by Crippen LogP contribution is -2.38. The molecule has 1 aromatic carbocycles.